The van der Waals surface area contributed by atoms with E-state index in [0.717, 1.165) is 41.4 Å². The molecular formula is C27H33N9O2. The summed E-state index contributed by atoms with van der Waals surface area (Å²) in [5.74, 6) is 2.96. The molecule has 0 spiro atoms. The molecule has 0 unspecified atom stereocenters. The number of methoxy groups -OCH3 is 1. The number of aromatic amines is 1. The van der Waals surface area contributed by atoms with Crippen LogP contribution < -0.4 is 10.6 Å². The van der Waals surface area contributed by atoms with Gasteiger partial charge in [-0.25, -0.2) is 19.6 Å². The van der Waals surface area contributed by atoms with E-state index < -0.39 is 5.60 Å². The standard InChI is InChI=1S/C27H33N9O2/c1-17-14-22(32-23-15-18(2)34-35-23)33-25(30-17)20-8-10-27(38-4,11-9-20)26(37)31-19(3)21-6-7-24(28-16-21)36-13-5-12-29-36/h5-7,12-16,19-20H,8-11H2,1-4H3,(H,31,37)(H2,30,32,33,34,35)/t19-,20?,27?/m0/s1. The maximum atomic E-state index is 13.4. The van der Waals surface area contributed by atoms with E-state index >= 15 is 0 Å². The summed E-state index contributed by atoms with van der Waals surface area (Å²) in [5.41, 5.74) is 1.88. The molecule has 1 amide bonds. The normalized spacial score (nSPS) is 20.2. The SMILES string of the molecule is COC1(C(=O)N[C@@H](C)c2ccc(-n3cccn3)nc2)CCC(c2nc(C)cc(Nc3cc(C)[nH]n3)n2)CC1. The van der Waals surface area contributed by atoms with Gasteiger partial charge in [-0.3, -0.25) is 9.89 Å². The van der Waals surface area contributed by atoms with Crippen molar-refractivity contribution < 1.29 is 9.53 Å². The summed E-state index contributed by atoms with van der Waals surface area (Å²) >= 11 is 0. The zero-order valence-electron chi connectivity index (χ0n) is 22.1. The minimum absolute atomic E-state index is 0.108. The van der Waals surface area contributed by atoms with Gasteiger partial charge in [0.05, 0.1) is 6.04 Å². The number of hydrogen-bond donors (Lipinski definition) is 3. The van der Waals surface area contributed by atoms with Crippen molar-refractivity contribution >= 4 is 17.5 Å². The Bertz CT molecular complexity index is 1370. The number of hydrogen-bond acceptors (Lipinski definition) is 8. The van der Waals surface area contributed by atoms with Gasteiger partial charge in [0.2, 0.25) is 0 Å². The van der Waals surface area contributed by atoms with Gasteiger partial charge in [0.1, 0.15) is 17.2 Å². The van der Waals surface area contributed by atoms with Crippen LogP contribution in [-0.2, 0) is 9.53 Å². The molecule has 4 aromatic rings. The van der Waals surface area contributed by atoms with Gasteiger partial charge in [-0.1, -0.05) is 6.07 Å². The molecule has 198 valence electrons. The van der Waals surface area contributed by atoms with Crippen molar-refractivity contribution in [3.8, 4) is 5.82 Å². The number of carbonyl (C=O) groups is 1. The van der Waals surface area contributed by atoms with Gasteiger partial charge >= 0.3 is 0 Å². The van der Waals surface area contributed by atoms with E-state index in [0.29, 0.717) is 24.5 Å². The van der Waals surface area contributed by atoms with Gasteiger partial charge in [0, 0.05) is 55.1 Å². The van der Waals surface area contributed by atoms with Gasteiger partial charge in [-0.15, -0.1) is 0 Å². The van der Waals surface area contributed by atoms with Gasteiger partial charge < -0.3 is 15.4 Å². The van der Waals surface area contributed by atoms with Crippen LogP contribution >= 0.6 is 0 Å². The number of H-pyrrole nitrogens is 1. The number of aryl methyl sites for hydroxylation is 2. The molecule has 11 heteroatoms. The van der Waals surface area contributed by atoms with Crippen LogP contribution in [0.4, 0.5) is 11.6 Å². The Balaban J connectivity index is 1.22. The second kappa shape index (κ2) is 10.7. The van der Waals surface area contributed by atoms with Crippen LogP contribution in [0, 0.1) is 13.8 Å². The molecule has 1 fully saturated rings. The number of rotatable bonds is 8. The molecule has 1 atom stereocenters. The average molecular weight is 516 g/mol. The Kier molecular flexibility index (Phi) is 7.19. The van der Waals surface area contributed by atoms with Crippen LogP contribution in [0.2, 0.25) is 0 Å². The number of amides is 1. The smallest absolute Gasteiger partial charge is 0.252 e. The maximum absolute atomic E-state index is 13.4. The molecular weight excluding hydrogens is 482 g/mol. The van der Waals surface area contributed by atoms with Crippen LogP contribution in [0.5, 0.6) is 0 Å². The van der Waals surface area contributed by atoms with Gasteiger partial charge in [-0.2, -0.15) is 10.2 Å². The highest BCUT2D eigenvalue weighted by Gasteiger charge is 2.43. The van der Waals surface area contributed by atoms with E-state index in [1.807, 2.05) is 57.3 Å². The number of aromatic nitrogens is 7. The third-order valence-corrected chi connectivity index (χ3v) is 7.15. The minimum Gasteiger partial charge on any atom is -0.368 e. The molecule has 0 aromatic carbocycles. The number of nitrogens with zero attached hydrogens (tertiary/aromatic N) is 6. The van der Waals surface area contributed by atoms with Crippen LogP contribution in [0.15, 0.2) is 48.9 Å². The fraction of sp³-hybridized carbons (Fsp3) is 0.407. The van der Waals surface area contributed by atoms with E-state index in [9.17, 15) is 4.79 Å². The first kappa shape index (κ1) is 25.5. The largest absolute Gasteiger partial charge is 0.368 e. The van der Waals surface area contributed by atoms with Gasteiger partial charge in [0.25, 0.3) is 5.91 Å². The lowest BCUT2D eigenvalue weighted by Gasteiger charge is -2.38. The number of pyridine rings is 1. The molecule has 0 bridgehead atoms. The third-order valence-electron chi connectivity index (χ3n) is 7.15. The molecule has 0 saturated heterocycles. The van der Waals surface area contributed by atoms with Crippen LogP contribution in [0.25, 0.3) is 5.82 Å². The van der Waals surface area contributed by atoms with E-state index in [1.165, 1.54) is 0 Å². The highest BCUT2D eigenvalue weighted by Crippen LogP contribution is 2.39. The lowest BCUT2D eigenvalue weighted by atomic mass is 9.77. The first-order valence-corrected chi connectivity index (χ1v) is 12.8. The molecule has 1 aliphatic rings. The number of nitrogens with one attached hydrogen (secondary N) is 3. The third kappa shape index (κ3) is 5.42. The first-order chi connectivity index (χ1) is 18.3. The number of anilines is 2. The van der Waals surface area contributed by atoms with Crippen LogP contribution in [-0.4, -0.2) is 53.5 Å². The summed E-state index contributed by atoms with van der Waals surface area (Å²) in [5, 5.41) is 17.7. The molecule has 4 aromatic heterocycles. The molecule has 0 aliphatic heterocycles. The molecule has 3 N–H and O–H groups in total. The second-order valence-corrected chi connectivity index (χ2v) is 9.88. The molecule has 1 aliphatic carbocycles. The fourth-order valence-electron chi connectivity index (χ4n) is 4.92. The molecule has 11 nitrogen and oxygen atoms in total. The van der Waals surface area contributed by atoms with Gasteiger partial charge in [0.15, 0.2) is 11.6 Å². The summed E-state index contributed by atoms with van der Waals surface area (Å²) in [6, 6.07) is 9.30. The van der Waals surface area contributed by atoms with Crippen molar-refractivity contribution in [1.82, 2.24) is 40.2 Å². The highest BCUT2D eigenvalue weighted by atomic mass is 16.5. The van der Waals surface area contributed by atoms with E-state index in [-0.39, 0.29) is 17.9 Å². The van der Waals surface area contributed by atoms with Crippen molar-refractivity contribution in [2.24, 2.45) is 0 Å². The predicted molar refractivity (Wildman–Crippen MR) is 142 cm³/mol. The van der Waals surface area contributed by atoms with Crippen molar-refractivity contribution in [1.29, 1.82) is 0 Å². The maximum Gasteiger partial charge on any atom is 0.252 e. The second-order valence-electron chi connectivity index (χ2n) is 9.88. The van der Waals surface area contributed by atoms with Crippen molar-refractivity contribution in [2.75, 3.05) is 12.4 Å². The summed E-state index contributed by atoms with van der Waals surface area (Å²) in [4.78, 5) is 27.4. The fourth-order valence-corrected chi connectivity index (χ4v) is 4.92. The number of ether oxygens (including phenoxy) is 1. The zero-order chi connectivity index (χ0) is 26.7. The summed E-state index contributed by atoms with van der Waals surface area (Å²) in [6.07, 6.45) is 7.98. The summed E-state index contributed by atoms with van der Waals surface area (Å²) < 4.78 is 7.55. The highest BCUT2D eigenvalue weighted by molar-refractivity contribution is 5.85. The van der Waals surface area contributed by atoms with Crippen LogP contribution in [0.3, 0.4) is 0 Å². The van der Waals surface area contributed by atoms with E-state index in [2.05, 4.69) is 30.9 Å². The molecule has 1 saturated carbocycles. The summed E-state index contributed by atoms with van der Waals surface area (Å²) in [7, 11) is 1.61. The monoisotopic (exact) mass is 515 g/mol. The number of carbonyl (C=O) groups excluding carboxylic acids is 1. The predicted octanol–water partition coefficient (Wildman–Crippen LogP) is 4.06. The molecule has 5 rings (SSSR count). The molecule has 0 radical (unpaired) electrons. The minimum atomic E-state index is -0.884. The van der Waals surface area contributed by atoms with Crippen molar-refractivity contribution in [3.05, 3.63) is 71.7 Å². The quantitative estimate of drug-likeness (QED) is 0.320. The Morgan fingerprint density at radius 1 is 1.18 bits per heavy atom. The van der Waals surface area contributed by atoms with Crippen LogP contribution in [0.1, 0.15) is 67.3 Å². The van der Waals surface area contributed by atoms with Gasteiger partial charge in [-0.05, 0) is 64.2 Å². The lowest BCUT2D eigenvalue weighted by Crippen LogP contribution is -2.50. The molecule has 38 heavy (non-hydrogen) atoms. The summed E-state index contributed by atoms with van der Waals surface area (Å²) in [6.45, 7) is 5.86. The Hall–Kier alpha value is -4.12. The Morgan fingerprint density at radius 3 is 2.63 bits per heavy atom. The average Bonchev–Trinajstić information content (AvgIpc) is 3.60. The van der Waals surface area contributed by atoms with E-state index in [1.54, 1.807) is 24.2 Å². The zero-order valence-corrected chi connectivity index (χ0v) is 22.1. The topological polar surface area (TPSA) is 136 Å². The van der Waals surface area contributed by atoms with Crippen molar-refractivity contribution in [3.63, 3.8) is 0 Å². The van der Waals surface area contributed by atoms with E-state index in [4.69, 9.17) is 14.7 Å². The Morgan fingerprint density at radius 2 is 2.00 bits per heavy atom. The lowest BCUT2D eigenvalue weighted by molar-refractivity contribution is -0.148. The van der Waals surface area contributed by atoms with Crippen molar-refractivity contribution in [2.45, 2.75) is 64.0 Å². The first-order valence-electron chi connectivity index (χ1n) is 12.8. The Labute approximate surface area is 221 Å². The molecule has 4 heterocycles.